The number of hydrogen-bond donors (Lipinski definition) is 2. The molecule has 2 aromatic heterocycles. The number of carbonyl (C=O) groups is 1. The van der Waals surface area contributed by atoms with Crippen LogP contribution in [0, 0.1) is 12.7 Å². The number of nitrogens with zero attached hydrogens (tertiary/aromatic N) is 2. The van der Waals surface area contributed by atoms with Crippen molar-refractivity contribution >= 4 is 16.9 Å². The highest BCUT2D eigenvalue weighted by Crippen LogP contribution is 2.40. The summed E-state index contributed by atoms with van der Waals surface area (Å²) in [7, 11) is 0. The van der Waals surface area contributed by atoms with Crippen LogP contribution in [0.15, 0.2) is 23.0 Å². The van der Waals surface area contributed by atoms with E-state index < -0.39 is 11.6 Å². The largest absolute Gasteiger partial charge is 0.458 e. The third kappa shape index (κ3) is 2.23. The summed E-state index contributed by atoms with van der Waals surface area (Å²) >= 11 is 0. The number of aromatic nitrogens is 2. The molecule has 7 nitrogen and oxygen atoms in total. The first-order chi connectivity index (χ1) is 14.3. The second kappa shape index (κ2) is 6.20. The van der Waals surface area contributed by atoms with Crippen molar-refractivity contribution in [2.45, 2.75) is 45.6 Å². The average Bonchev–Trinajstić information content (AvgIpc) is 3.11. The van der Waals surface area contributed by atoms with Gasteiger partial charge in [0, 0.05) is 23.1 Å². The van der Waals surface area contributed by atoms with Crippen LogP contribution in [0.2, 0.25) is 0 Å². The first-order valence-electron chi connectivity index (χ1n) is 9.79. The Morgan fingerprint density at radius 2 is 2.10 bits per heavy atom. The molecule has 0 fully saturated rings. The summed E-state index contributed by atoms with van der Waals surface area (Å²) in [6, 6.07) is 5.01. The summed E-state index contributed by atoms with van der Waals surface area (Å²) < 4.78 is 21.5. The molecule has 3 aromatic rings. The number of rotatable bonds is 2. The standard InChI is InChI=1S/C22H20FN3O4/c1-3-22(29)14-6-16-19-12(8-26(16)20(27)13(14)9-30-21(22)28)11(7-24)17-15(25-19)5-4-10(2)18(17)23/h4-6,29H,3,7-9,24H2,1-2H3/t22-/m0/s1. The van der Waals surface area contributed by atoms with Crippen LogP contribution in [-0.4, -0.2) is 20.6 Å². The van der Waals surface area contributed by atoms with E-state index in [0.29, 0.717) is 39.0 Å². The highest BCUT2D eigenvalue weighted by Gasteiger charge is 2.45. The lowest BCUT2D eigenvalue weighted by Gasteiger charge is -2.31. The predicted octanol–water partition coefficient (Wildman–Crippen LogP) is 1.99. The average molecular weight is 409 g/mol. The number of carbonyl (C=O) groups excluding carboxylic acids is 1. The van der Waals surface area contributed by atoms with Gasteiger partial charge in [-0.25, -0.2) is 14.2 Å². The maximum atomic E-state index is 14.9. The van der Waals surface area contributed by atoms with Crippen LogP contribution in [0.5, 0.6) is 0 Å². The number of hydrogen-bond acceptors (Lipinski definition) is 6. The molecule has 30 heavy (non-hydrogen) atoms. The molecule has 0 amide bonds. The Balaban J connectivity index is 1.85. The number of nitrogens with two attached hydrogens (primary N) is 1. The van der Waals surface area contributed by atoms with Gasteiger partial charge in [-0.1, -0.05) is 13.0 Å². The molecule has 154 valence electrons. The summed E-state index contributed by atoms with van der Waals surface area (Å²) in [6.45, 7) is 3.42. The fourth-order valence-electron chi connectivity index (χ4n) is 4.55. The van der Waals surface area contributed by atoms with Crippen molar-refractivity contribution in [3.05, 3.63) is 62.2 Å². The molecule has 2 aliphatic rings. The van der Waals surface area contributed by atoms with Crippen molar-refractivity contribution in [1.82, 2.24) is 9.55 Å². The SMILES string of the molecule is CC[C@@]1(O)C(=O)OCc2c1cc1n(c2=O)Cc2c-1nc1ccc(C)c(F)c1c2CN. The lowest BCUT2D eigenvalue weighted by atomic mass is 9.86. The number of cyclic esters (lactones) is 1. The van der Waals surface area contributed by atoms with E-state index in [0.717, 1.165) is 0 Å². The van der Waals surface area contributed by atoms with Gasteiger partial charge in [0.15, 0.2) is 5.60 Å². The Morgan fingerprint density at radius 1 is 1.33 bits per heavy atom. The zero-order chi connectivity index (χ0) is 21.4. The molecule has 5 rings (SSSR count). The number of halogens is 1. The predicted molar refractivity (Wildman–Crippen MR) is 107 cm³/mol. The van der Waals surface area contributed by atoms with E-state index in [2.05, 4.69) is 4.98 Å². The number of esters is 1. The van der Waals surface area contributed by atoms with Gasteiger partial charge in [-0.05, 0) is 36.6 Å². The lowest BCUT2D eigenvalue weighted by molar-refractivity contribution is -0.172. The van der Waals surface area contributed by atoms with Crippen LogP contribution in [0.1, 0.15) is 41.2 Å². The van der Waals surface area contributed by atoms with Crippen LogP contribution in [0.4, 0.5) is 4.39 Å². The second-order valence-electron chi connectivity index (χ2n) is 7.82. The van der Waals surface area contributed by atoms with E-state index >= 15 is 0 Å². The first-order valence-corrected chi connectivity index (χ1v) is 9.79. The van der Waals surface area contributed by atoms with Crippen molar-refractivity contribution in [3.8, 4) is 11.4 Å². The van der Waals surface area contributed by atoms with E-state index in [1.165, 1.54) is 4.57 Å². The summed E-state index contributed by atoms with van der Waals surface area (Å²) in [5.74, 6) is -1.14. The Hall–Kier alpha value is -3.10. The van der Waals surface area contributed by atoms with Crippen molar-refractivity contribution < 1.29 is 19.0 Å². The normalized spacial score (nSPS) is 19.4. The van der Waals surface area contributed by atoms with Crippen LogP contribution >= 0.6 is 0 Å². The zero-order valence-corrected chi connectivity index (χ0v) is 16.6. The van der Waals surface area contributed by atoms with Crippen molar-refractivity contribution in [3.63, 3.8) is 0 Å². The van der Waals surface area contributed by atoms with Gasteiger partial charge in [-0.15, -0.1) is 0 Å². The van der Waals surface area contributed by atoms with Crippen molar-refractivity contribution in [2.75, 3.05) is 0 Å². The zero-order valence-electron chi connectivity index (χ0n) is 16.6. The fraction of sp³-hybridized carbons (Fsp3) is 0.318. The van der Waals surface area contributed by atoms with Gasteiger partial charge in [-0.3, -0.25) is 4.79 Å². The maximum Gasteiger partial charge on any atom is 0.343 e. The Labute approximate surface area is 170 Å². The monoisotopic (exact) mass is 409 g/mol. The van der Waals surface area contributed by atoms with Gasteiger partial charge in [-0.2, -0.15) is 0 Å². The molecule has 0 unspecified atom stereocenters. The molecule has 0 aliphatic carbocycles. The summed E-state index contributed by atoms with van der Waals surface area (Å²) in [6.07, 6.45) is 0.0677. The maximum absolute atomic E-state index is 14.9. The quantitative estimate of drug-likeness (QED) is 0.490. The van der Waals surface area contributed by atoms with Crippen LogP contribution in [0.3, 0.4) is 0 Å². The van der Waals surface area contributed by atoms with Crippen LogP contribution in [0.25, 0.3) is 22.3 Å². The minimum Gasteiger partial charge on any atom is -0.458 e. The molecule has 1 aromatic carbocycles. The Kier molecular flexibility index (Phi) is 3.90. The van der Waals surface area contributed by atoms with Gasteiger partial charge in [0.25, 0.3) is 5.56 Å². The number of pyridine rings is 2. The minimum absolute atomic E-state index is 0.0677. The number of aliphatic hydroxyl groups is 1. The van der Waals surface area contributed by atoms with E-state index in [-0.39, 0.29) is 48.6 Å². The molecule has 2 aliphatic heterocycles. The van der Waals surface area contributed by atoms with Gasteiger partial charge in [0.05, 0.1) is 29.0 Å². The fourth-order valence-corrected chi connectivity index (χ4v) is 4.55. The molecule has 0 saturated heterocycles. The van der Waals surface area contributed by atoms with Crippen molar-refractivity contribution in [1.29, 1.82) is 0 Å². The highest BCUT2D eigenvalue weighted by molar-refractivity contribution is 5.90. The molecular weight excluding hydrogens is 389 g/mol. The molecule has 3 N–H and O–H groups in total. The van der Waals surface area contributed by atoms with Gasteiger partial charge in [0.1, 0.15) is 12.4 Å². The van der Waals surface area contributed by atoms with E-state index in [1.54, 1.807) is 32.0 Å². The van der Waals surface area contributed by atoms with Crippen LogP contribution in [-0.2, 0) is 34.8 Å². The third-order valence-corrected chi connectivity index (χ3v) is 6.30. The van der Waals surface area contributed by atoms with Crippen LogP contribution < -0.4 is 11.3 Å². The topological polar surface area (TPSA) is 107 Å². The molecule has 0 bridgehead atoms. The summed E-state index contributed by atoms with van der Waals surface area (Å²) in [4.78, 5) is 30.1. The number of benzene rings is 1. The molecule has 1 atom stereocenters. The Morgan fingerprint density at radius 3 is 2.80 bits per heavy atom. The molecule has 4 heterocycles. The minimum atomic E-state index is -1.89. The van der Waals surface area contributed by atoms with Gasteiger partial charge in [0.2, 0.25) is 0 Å². The molecule has 8 heteroatoms. The number of ether oxygens (including phenoxy) is 1. The van der Waals surface area contributed by atoms with Gasteiger partial charge >= 0.3 is 5.97 Å². The summed E-state index contributed by atoms with van der Waals surface area (Å²) in [5.41, 5.74) is 7.47. The summed E-state index contributed by atoms with van der Waals surface area (Å²) in [5, 5.41) is 11.3. The lowest BCUT2D eigenvalue weighted by Crippen LogP contribution is -2.44. The molecule has 0 saturated carbocycles. The van der Waals surface area contributed by atoms with E-state index in [9.17, 15) is 19.1 Å². The first kappa shape index (κ1) is 18.9. The molecule has 0 spiro atoms. The number of aryl methyl sites for hydroxylation is 1. The van der Waals surface area contributed by atoms with E-state index in [1.807, 2.05) is 0 Å². The third-order valence-electron chi connectivity index (χ3n) is 6.30. The number of fused-ring (bicyclic) bond motifs is 5. The molecule has 0 radical (unpaired) electrons. The smallest absolute Gasteiger partial charge is 0.343 e. The van der Waals surface area contributed by atoms with Gasteiger partial charge < -0.3 is 20.1 Å². The van der Waals surface area contributed by atoms with E-state index in [4.69, 9.17) is 10.5 Å². The van der Waals surface area contributed by atoms with Crippen molar-refractivity contribution in [2.24, 2.45) is 5.73 Å². The second-order valence-corrected chi connectivity index (χ2v) is 7.82. The Bertz CT molecular complexity index is 1330. The molecular formula is C22H20FN3O4. The highest BCUT2D eigenvalue weighted by atomic mass is 19.1.